The molecular weight excluding hydrogens is 503 g/mol. The molecular formula is C22H16F7N3O4. The first-order valence-electron chi connectivity index (χ1n) is 9.95. The van der Waals surface area contributed by atoms with Gasteiger partial charge in [0.05, 0.1) is 5.69 Å². The summed E-state index contributed by atoms with van der Waals surface area (Å²) >= 11 is 0. The molecule has 2 aromatic carbocycles. The highest BCUT2D eigenvalue weighted by molar-refractivity contribution is 6.04. The minimum absolute atomic E-state index is 0.0772. The molecule has 0 unspecified atom stereocenters. The van der Waals surface area contributed by atoms with Crippen molar-refractivity contribution in [2.24, 2.45) is 0 Å². The van der Waals surface area contributed by atoms with Gasteiger partial charge in [-0.25, -0.2) is 30.7 Å². The third kappa shape index (κ3) is 5.32. The van der Waals surface area contributed by atoms with E-state index in [1.54, 1.807) is 0 Å². The first-order valence-corrected chi connectivity index (χ1v) is 9.95. The molecule has 0 aliphatic rings. The fourth-order valence-electron chi connectivity index (χ4n) is 3.07. The highest BCUT2D eigenvalue weighted by Crippen LogP contribution is 2.36. The molecule has 3 rings (SSSR count). The Hall–Kier alpha value is -3.94. The fraction of sp³-hybridized carbons (Fsp3) is 0.227. The predicted molar refractivity (Wildman–Crippen MR) is 112 cm³/mol. The number of aliphatic hydroxyl groups is 1. The normalized spacial score (nSPS) is 11.9. The summed E-state index contributed by atoms with van der Waals surface area (Å²) in [7, 11) is 0. The number of nitrogens with zero attached hydrogens (tertiary/aromatic N) is 2. The van der Waals surface area contributed by atoms with Crippen LogP contribution in [0.2, 0.25) is 0 Å². The summed E-state index contributed by atoms with van der Waals surface area (Å²) < 4.78 is 97.2. The number of hydrogen-bond acceptors (Lipinski definition) is 5. The van der Waals surface area contributed by atoms with Crippen molar-refractivity contribution in [2.75, 3.05) is 11.9 Å². The highest BCUT2D eigenvalue weighted by Gasteiger charge is 2.49. The largest absolute Gasteiger partial charge is 0.485 e. The Balaban J connectivity index is 1.92. The molecule has 1 amide bonds. The summed E-state index contributed by atoms with van der Waals surface area (Å²) in [6.45, 7) is -0.979. The van der Waals surface area contributed by atoms with Crippen LogP contribution in [0.25, 0.3) is 5.69 Å². The van der Waals surface area contributed by atoms with Crippen molar-refractivity contribution >= 4 is 11.6 Å². The molecule has 36 heavy (non-hydrogen) atoms. The zero-order valence-corrected chi connectivity index (χ0v) is 17.8. The molecule has 0 radical (unpaired) electrons. The van der Waals surface area contributed by atoms with Crippen molar-refractivity contribution in [1.29, 1.82) is 0 Å². The number of aromatic nitrogens is 2. The first-order chi connectivity index (χ1) is 17.0. The molecule has 0 spiro atoms. The number of rotatable bonds is 9. The van der Waals surface area contributed by atoms with E-state index in [0.717, 1.165) is 12.3 Å². The third-order valence-corrected chi connectivity index (χ3v) is 4.89. The minimum Gasteiger partial charge on any atom is -0.485 e. The molecule has 3 aromatic rings. The quantitative estimate of drug-likeness (QED) is 0.418. The number of para-hydroxylation sites is 2. The van der Waals surface area contributed by atoms with Gasteiger partial charge in [-0.1, -0.05) is 18.2 Å². The van der Waals surface area contributed by atoms with E-state index in [9.17, 15) is 45.4 Å². The number of ether oxygens (including phenoxy) is 1. The zero-order valence-electron chi connectivity index (χ0n) is 17.8. The van der Waals surface area contributed by atoms with Gasteiger partial charge in [0.2, 0.25) is 5.60 Å². The van der Waals surface area contributed by atoms with Crippen LogP contribution in [0.15, 0.2) is 59.5 Å². The predicted octanol–water partition coefficient (Wildman–Crippen LogP) is 3.99. The Morgan fingerprint density at radius 1 is 1.06 bits per heavy atom. The number of halogens is 7. The van der Waals surface area contributed by atoms with Crippen molar-refractivity contribution in [3.63, 3.8) is 0 Å². The van der Waals surface area contributed by atoms with Gasteiger partial charge in [-0.05, 0) is 35.9 Å². The number of carbonyl (C=O) groups is 1. The molecule has 1 aromatic heterocycles. The van der Waals surface area contributed by atoms with Gasteiger partial charge in [-0.2, -0.15) is 9.78 Å². The Morgan fingerprint density at radius 2 is 1.72 bits per heavy atom. The molecule has 0 atom stereocenters. The third-order valence-electron chi connectivity index (χ3n) is 4.89. The average molecular weight is 519 g/mol. The van der Waals surface area contributed by atoms with E-state index in [4.69, 9.17) is 4.74 Å². The minimum atomic E-state index is -3.94. The van der Waals surface area contributed by atoms with E-state index in [1.807, 2.05) is 5.32 Å². The number of anilines is 1. The maximum atomic E-state index is 14.4. The van der Waals surface area contributed by atoms with E-state index < -0.39 is 65.6 Å². The number of alkyl halides is 6. The zero-order chi connectivity index (χ0) is 26.6. The summed E-state index contributed by atoms with van der Waals surface area (Å²) in [6, 6.07) is 7.89. The van der Waals surface area contributed by atoms with Crippen LogP contribution in [-0.4, -0.2) is 46.7 Å². The van der Waals surface area contributed by atoms with Crippen molar-refractivity contribution in [3.05, 3.63) is 82.0 Å². The second-order valence-electron chi connectivity index (χ2n) is 7.21. The molecule has 0 aliphatic heterocycles. The molecule has 0 saturated heterocycles. The lowest BCUT2D eigenvalue weighted by molar-refractivity contribution is -0.183. The number of amides is 1. The number of nitrogens with one attached hydrogen (secondary N) is 1. The molecule has 14 heteroatoms. The monoisotopic (exact) mass is 519 g/mol. The second-order valence-corrected chi connectivity index (χ2v) is 7.21. The summed E-state index contributed by atoms with van der Waals surface area (Å²) in [5, 5.41) is 15.4. The molecule has 0 aliphatic carbocycles. The number of benzene rings is 2. The van der Waals surface area contributed by atoms with Crippen LogP contribution in [-0.2, 0) is 5.60 Å². The smallest absolute Gasteiger partial charge is 0.284 e. The standard InChI is InChI=1S/C22H16F7N3O4/c23-13-9-11(22(35,20(26)27)21(28)29)5-6-14(13)31-18(33)12-7-8-30-32(19(12)34)15-3-1-2-4-16(15)36-10-17(24)25/h1-9,17,20-21,35H,10H2,(H,31,33). The maximum Gasteiger partial charge on any atom is 0.284 e. The Labute approximate surface area is 197 Å². The van der Waals surface area contributed by atoms with E-state index in [1.165, 1.54) is 24.3 Å². The maximum absolute atomic E-state index is 14.4. The lowest BCUT2D eigenvalue weighted by Gasteiger charge is -2.27. The van der Waals surface area contributed by atoms with Crippen molar-refractivity contribution in [2.45, 2.75) is 24.9 Å². The van der Waals surface area contributed by atoms with Gasteiger partial charge < -0.3 is 15.2 Å². The Morgan fingerprint density at radius 3 is 2.33 bits per heavy atom. The SMILES string of the molecule is O=C(Nc1ccc(C(O)(C(F)F)C(F)F)cc1F)c1ccnn(-c2ccccc2OCC(F)F)c1=O. The Kier molecular flexibility index (Phi) is 7.97. The van der Waals surface area contributed by atoms with Crippen molar-refractivity contribution in [1.82, 2.24) is 9.78 Å². The van der Waals surface area contributed by atoms with Gasteiger partial charge in [0.15, 0.2) is 0 Å². The van der Waals surface area contributed by atoms with Crippen LogP contribution < -0.4 is 15.6 Å². The Bertz CT molecular complexity index is 1290. The van der Waals surface area contributed by atoms with E-state index >= 15 is 0 Å². The molecule has 0 bridgehead atoms. The molecule has 0 saturated carbocycles. The van der Waals surface area contributed by atoms with E-state index in [-0.39, 0.29) is 17.5 Å². The van der Waals surface area contributed by atoms with E-state index in [0.29, 0.717) is 16.8 Å². The number of carbonyl (C=O) groups excluding carboxylic acids is 1. The van der Waals surface area contributed by atoms with Gasteiger partial charge in [-0.15, -0.1) is 0 Å². The molecule has 192 valence electrons. The van der Waals surface area contributed by atoms with Crippen LogP contribution >= 0.6 is 0 Å². The molecule has 1 heterocycles. The molecule has 2 N–H and O–H groups in total. The van der Waals surface area contributed by atoms with Crippen LogP contribution in [0, 0.1) is 5.82 Å². The van der Waals surface area contributed by atoms with Gasteiger partial charge in [-0.3, -0.25) is 9.59 Å². The molecule has 7 nitrogen and oxygen atoms in total. The first kappa shape index (κ1) is 26.7. The van der Waals surface area contributed by atoms with Gasteiger partial charge in [0.1, 0.15) is 29.4 Å². The van der Waals surface area contributed by atoms with Crippen molar-refractivity contribution < 1.29 is 45.4 Å². The van der Waals surface area contributed by atoms with Crippen LogP contribution in [0.3, 0.4) is 0 Å². The number of hydrogen-bond donors (Lipinski definition) is 2. The summed E-state index contributed by atoms with van der Waals surface area (Å²) in [6.07, 6.45) is -9.68. The average Bonchev–Trinajstić information content (AvgIpc) is 2.83. The van der Waals surface area contributed by atoms with Crippen molar-refractivity contribution in [3.8, 4) is 11.4 Å². The van der Waals surface area contributed by atoms with E-state index in [2.05, 4.69) is 5.10 Å². The fourth-order valence-corrected chi connectivity index (χ4v) is 3.07. The van der Waals surface area contributed by atoms with Gasteiger partial charge in [0, 0.05) is 6.20 Å². The lowest BCUT2D eigenvalue weighted by Crippen LogP contribution is -2.41. The van der Waals surface area contributed by atoms with Crippen LogP contribution in [0.1, 0.15) is 15.9 Å². The second kappa shape index (κ2) is 10.8. The lowest BCUT2D eigenvalue weighted by atomic mass is 9.94. The summed E-state index contributed by atoms with van der Waals surface area (Å²) in [5.74, 6) is -2.77. The summed E-state index contributed by atoms with van der Waals surface area (Å²) in [4.78, 5) is 25.5. The summed E-state index contributed by atoms with van der Waals surface area (Å²) in [5.41, 5.74) is -7.46. The van der Waals surface area contributed by atoms with Gasteiger partial charge >= 0.3 is 0 Å². The molecule has 0 fully saturated rings. The van der Waals surface area contributed by atoms with Crippen LogP contribution in [0.5, 0.6) is 5.75 Å². The topological polar surface area (TPSA) is 93.5 Å². The van der Waals surface area contributed by atoms with Crippen LogP contribution in [0.4, 0.5) is 36.4 Å². The van der Waals surface area contributed by atoms with Gasteiger partial charge in [0.25, 0.3) is 30.7 Å². The highest BCUT2D eigenvalue weighted by atomic mass is 19.3.